The molecule has 2 N–H and O–H groups in total. The molecule has 0 aromatic heterocycles. The van der Waals surface area contributed by atoms with Gasteiger partial charge < -0.3 is 14.8 Å². The molecule has 0 aromatic carbocycles. The molecule has 0 radical (unpaired) electrons. The van der Waals surface area contributed by atoms with Crippen LogP contribution in [0.3, 0.4) is 0 Å². The summed E-state index contributed by atoms with van der Waals surface area (Å²) in [6, 6.07) is 0. The summed E-state index contributed by atoms with van der Waals surface area (Å²) in [6.07, 6.45) is 0. The minimum Gasteiger partial charge on any atom is -0.378 e. The van der Waals surface area contributed by atoms with E-state index in [0.29, 0.717) is 19.8 Å². The van der Waals surface area contributed by atoms with E-state index in [2.05, 4.69) is 5.32 Å². The fraction of sp³-hybridized carbons (Fsp3) is 0.857. The van der Waals surface area contributed by atoms with Gasteiger partial charge in [0.2, 0.25) is 5.91 Å². The average Bonchev–Trinajstić information content (AvgIpc) is 2.16. The summed E-state index contributed by atoms with van der Waals surface area (Å²) in [5.41, 5.74) is 1.46. The van der Waals surface area contributed by atoms with Crippen LogP contribution in [0.1, 0.15) is 0 Å². The summed E-state index contributed by atoms with van der Waals surface area (Å²) >= 11 is 0. The van der Waals surface area contributed by atoms with Gasteiger partial charge in [0.1, 0.15) is 6.61 Å². The van der Waals surface area contributed by atoms with Gasteiger partial charge in [-0.2, -0.15) is 5.54 Å². The zero-order valence-electron chi connectivity index (χ0n) is 7.64. The SMILES string of the molecule is CNC(=O)COCCOCCNF. The molecule has 13 heavy (non-hydrogen) atoms. The third kappa shape index (κ3) is 9.19. The highest BCUT2D eigenvalue weighted by atomic mass is 19.2. The first kappa shape index (κ1) is 12.3. The molecule has 0 bridgehead atoms. The lowest BCUT2D eigenvalue weighted by atomic mass is 10.6. The van der Waals surface area contributed by atoms with E-state index in [1.165, 1.54) is 12.6 Å². The zero-order valence-corrected chi connectivity index (χ0v) is 7.64. The molecule has 0 aliphatic rings. The lowest BCUT2D eigenvalue weighted by Gasteiger charge is -2.03. The molecule has 0 aliphatic heterocycles. The van der Waals surface area contributed by atoms with E-state index in [9.17, 15) is 9.28 Å². The molecule has 1 amide bonds. The van der Waals surface area contributed by atoms with Crippen LogP contribution < -0.4 is 10.9 Å². The normalized spacial score (nSPS) is 10.0. The van der Waals surface area contributed by atoms with Gasteiger partial charge in [0, 0.05) is 13.6 Å². The predicted octanol–water partition coefficient (Wildman–Crippen LogP) is -0.760. The van der Waals surface area contributed by atoms with Gasteiger partial charge in [0.15, 0.2) is 0 Å². The first-order valence-corrected chi connectivity index (χ1v) is 4.00. The maximum atomic E-state index is 11.3. The summed E-state index contributed by atoms with van der Waals surface area (Å²) in [4.78, 5) is 10.6. The van der Waals surface area contributed by atoms with Gasteiger partial charge in [-0.3, -0.25) is 4.79 Å². The van der Waals surface area contributed by atoms with Crippen LogP contribution in [0.4, 0.5) is 4.48 Å². The number of rotatable bonds is 8. The molecule has 0 saturated heterocycles. The van der Waals surface area contributed by atoms with Crippen LogP contribution in [-0.2, 0) is 14.3 Å². The quantitative estimate of drug-likeness (QED) is 0.394. The Morgan fingerprint density at radius 3 is 2.62 bits per heavy atom. The van der Waals surface area contributed by atoms with Gasteiger partial charge >= 0.3 is 0 Å². The number of likely N-dealkylation sites (N-methyl/N-ethyl adjacent to an activating group) is 1. The van der Waals surface area contributed by atoms with Gasteiger partial charge in [0.25, 0.3) is 0 Å². The van der Waals surface area contributed by atoms with E-state index >= 15 is 0 Å². The summed E-state index contributed by atoms with van der Waals surface area (Å²) in [7, 11) is 1.54. The summed E-state index contributed by atoms with van der Waals surface area (Å²) < 4.78 is 21.2. The molecule has 78 valence electrons. The van der Waals surface area contributed by atoms with Gasteiger partial charge in [-0.05, 0) is 0 Å². The van der Waals surface area contributed by atoms with Crippen LogP contribution in [0.5, 0.6) is 0 Å². The Hall–Kier alpha value is -0.720. The Bertz CT molecular complexity index is 135. The molecule has 0 unspecified atom stereocenters. The minimum atomic E-state index is -0.176. The van der Waals surface area contributed by atoms with Crippen molar-refractivity contribution in [1.82, 2.24) is 10.9 Å². The third-order valence-corrected chi connectivity index (χ3v) is 1.22. The van der Waals surface area contributed by atoms with Gasteiger partial charge in [-0.15, -0.1) is 4.48 Å². The number of halogens is 1. The molecule has 0 fully saturated rings. The number of carbonyl (C=O) groups is 1. The van der Waals surface area contributed by atoms with Crippen molar-refractivity contribution in [2.75, 3.05) is 40.0 Å². The van der Waals surface area contributed by atoms with E-state index in [-0.39, 0.29) is 19.1 Å². The smallest absolute Gasteiger partial charge is 0.245 e. The number of ether oxygens (including phenoxy) is 2. The third-order valence-electron chi connectivity index (χ3n) is 1.22. The Balaban J connectivity index is 2.95. The molecule has 0 heterocycles. The van der Waals surface area contributed by atoms with Crippen LogP contribution in [0.25, 0.3) is 0 Å². The maximum absolute atomic E-state index is 11.3. The standard InChI is InChI=1S/C7H15FN2O3/c1-9-7(11)6-13-5-4-12-3-2-10-8/h10H,2-6H2,1H3,(H,9,11). The van der Waals surface area contributed by atoms with Crippen molar-refractivity contribution < 1.29 is 18.7 Å². The molecule has 6 heteroatoms. The molecule has 0 aromatic rings. The summed E-state index contributed by atoms with van der Waals surface area (Å²) in [5.74, 6) is -0.176. The predicted molar refractivity (Wildman–Crippen MR) is 44.8 cm³/mol. The summed E-state index contributed by atoms with van der Waals surface area (Å²) in [6.45, 7) is 1.18. The minimum absolute atomic E-state index is 0.0290. The topological polar surface area (TPSA) is 59.6 Å². The lowest BCUT2D eigenvalue weighted by molar-refractivity contribution is -0.125. The maximum Gasteiger partial charge on any atom is 0.245 e. The van der Waals surface area contributed by atoms with Gasteiger partial charge in [0.05, 0.1) is 19.8 Å². The Morgan fingerprint density at radius 1 is 1.31 bits per heavy atom. The highest BCUT2D eigenvalue weighted by Crippen LogP contribution is 1.78. The van der Waals surface area contributed by atoms with E-state index < -0.39 is 0 Å². The second-order valence-electron chi connectivity index (χ2n) is 2.22. The number of amides is 1. The highest BCUT2D eigenvalue weighted by Gasteiger charge is 1.96. The first-order chi connectivity index (χ1) is 6.31. The second kappa shape index (κ2) is 9.37. The number of carbonyl (C=O) groups excluding carboxylic acids is 1. The second-order valence-corrected chi connectivity index (χ2v) is 2.22. The van der Waals surface area contributed by atoms with Crippen molar-refractivity contribution in [3.8, 4) is 0 Å². The Kier molecular flexibility index (Phi) is 8.85. The molecular formula is C7H15FN2O3. The van der Waals surface area contributed by atoms with Crippen molar-refractivity contribution in [2.45, 2.75) is 0 Å². The van der Waals surface area contributed by atoms with Crippen LogP contribution >= 0.6 is 0 Å². The van der Waals surface area contributed by atoms with Crippen molar-refractivity contribution in [2.24, 2.45) is 0 Å². The highest BCUT2D eigenvalue weighted by molar-refractivity contribution is 5.76. The lowest BCUT2D eigenvalue weighted by Crippen LogP contribution is -2.24. The first-order valence-electron chi connectivity index (χ1n) is 4.00. The largest absolute Gasteiger partial charge is 0.378 e. The van der Waals surface area contributed by atoms with Crippen molar-refractivity contribution in [1.29, 1.82) is 0 Å². The number of hydrogen-bond acceptors (Lipinski definition) is 4. The number of nitrogens with one attached hydrogen (secondary N) is 2. The van der Waals surface area contributed by atoms with E-state index in [1.54, 1.807) is 0 Å². The average molecular weight is 194 g/mol. The zero-order chi connectivity index (χ0) is 9.94. The molecule has 0 spiro atoms. The monoisotopic (exact) mass is 194 g/mol. The molecule has 0 atom stereocenters. The van der Waals surface area contributed by atoms with Crippen molar-refractivity contribution in [3.63, 3.8) is 0 Å². The number of hydrogen-bond donors (Lipinski definition) is 2. The fourth-order valence-corrected chi connectivity index (χ4v) is 0.568. The van der Waals surface area contributed by atoms with Gasteiger partial charge in [-0.1, -0.05) is 0 Å². The van der Waals surface area contributed by atoms with Crippen molar-refractivity contribution in [3.05, 3.63) is 0 Å². The van der Waals surface area contributed by atoms with E-state index in [0.717, 1.165) is 0 Å². The molecule has 0 aliphatic carbocycles. The van der Waals surface area contributed by atoms with Gasteiger partial charge in [-0.25, -0.2) is 0 Å². The fourth-order valence-electron chi connectivity index (χ4n) is 0.568. The molecule has 0 saturated carbocycles. The van der Waals surface area contributed by atoms with Crippen LogP contribution in [-0.4, -0.2) is 45.9 Å². The van der Waals surface area contributed by atoms with Crippen molar-refractivity contribution >= 4 is 5.91 Å². The van der Waals surface area contributed by atoms with E-state index in [1.807, 2.05) is 0 Å². The summed E-state index contributed by atoms with van der Waals surface area (Å²) in [5, 5.41) is 2.41. The molecular weight excluding hydrogens is 179 g/mol. The van der Waals surface area contributed by atoms with E-state index in [4.69, 9.17) is 9.47 Å². The van der Waals surface area contributed by atoms with Crippen LogP contribution in [0, 0.1) is 0 Å². The Labute approximate surface area is 76.5 Å². The molecule has 5 nitrogen and oxygen atoms in total. The van der Waals surface area contributed by atoms with Crippen LogP contribution in [0.15, 0.2) is 0 Å². The molecule has 0 rings (SSSR count). The van der Waals surface area contributed by atoms with Crippen LogP contribution in [0.2, 0.25) is 0 Å². The Morgan fingerprint density at radius 2 is 2.00 bits per heavy atom.